The van der Waals surface area contributed by atoms with Crippen LogP contribution >= 0.6 is 11.3 Å². The van der Waals surface area contributed by atoms with Crippen LogP contribution in [-0.4, -0.2) is 18.5 Å². The van der Waals surface area contributed by atoms with Crippen LogP contribution < -0.4 is 4.72 Å². The molecule has 2 aromatic heterocycles. The Bertz CT molecular complexity index is 883. The first-order chi connectivity index (χ1) is 10.1. The number of rotatable bonds is 4. The number of nitrogens with one attached hydrogen (secondary N) is 1. The van der Waals surface area contributed by atoms with Crippen LogP contribution in [0.4, 0.5) is 5.69 Å². The van der Waals surface area contributed by atoms with Gasteiger partial charge in [0, 0.05) is 21.8 Å². The number of thiophene rings is 1. The van der Waals surface area contributed by atoms with Crippen molar-refractivity contribution in [2.24, 2.45) is 0 Å². The van der Waals surface area contributed by atoms with E-state index in [1.54, 1.807) is 24.4 Å². The lowest BCUT2D eigenvalue weighted by molar-refractivity contribution is 0.285. The van der Waals surface area contributed by atoms with Crippen molar-refractivity contribution in [1.82, 2.24) is 4.98 Å². The number of sulfonamides is 1. The molecule has 0 radical (unpaired) electrons. The molecule has 2 heterocycles. The highest BCUT2D eigenvalue weighted by Gasteiger charge is 2.17. The summed E-state index contributed by atoms with van der Waals surface area (Å²) in [6.45, 7) is -0.171. The van der Waals surface area contributed by atoms with Crippen LogP contribution in [0, 0.1) is 0 Å². The van der Waals surface area contributed by atoms with Crippen LogP contribution in [0.25, 0.3) is 10.9 Å². The van der Waals surface area contributed by atoms with E-state index in [2.05, 4.69) is 9.71 Å². The average Bonchev–Trinajstić information content (AvgIpc) is 2.97. The number of hydrogen-bond acceptors (Lipinski definition) is 5. The van der Waals surface area contributed by atoms with E-state index >= 15 is 0 Å². The minimum Gasteiger partial charge on any atom is -0.391 e. The van der Waals surface area contributed by atoms with Gasteiger partial charge in [-0.3, -0.25) is 9.71 Å². The Morgan fingerprint density at radius 2 is 2.05 bits per heavy atom. The molecule has 0 aliphatic heterocycles. The van der Waals surface area contributed by atoms with Crippen LogP contribution in [0.1, 0.15) is 4.88 Å². The lowest BCUT2D eigenvalue weighted by atomic mass is 10.2. The lowest BCUT2D eigenvalue weighted by Gasteiger charge is -2.08. The first-order valence-corrected chi connectivity index (χ1v) is 8.51. The van der Waals surface area contributed by atoms with Crippen LogP contribution in [0.15, 0.2) is 52.9 Å². The smallest absolute Gasteiger partial charge is 0.262 e. The third-order valence-electron chi connectivity index (χ3n) is 2.97. The minimum absolute atomic E-state index is 0.143. The maximum absolute atomic E-state index is 12.4. The van der Waals surface area contributed by atoms with Crippen molar-refractivity contribution < 1.29 is 13.5 Å². The second kappa shape index (κ2) is 5.44. The summed E-state index contributed by atoms with van der Waals surface area (Å²) in [5.41, 5.74) is 1.03. The summed E-state index contributed by atoms with van der Waals surface area (Å²) in [5.74, 6) is 0. The normalized spacial score (nSPS) is 11.7. The Labute approximate surface area is 125 Å². The fourth-order valence-corrected chi connectivity index (χ4v) is 4.17. The van der Waals surface area contributed by atoms with Gasteiger partial charge in [0.25, 0.3) is 10.0 Å². The summed E-state index contributed by atoms with van der Waals surface area (Å²) in [5, 5.41) is 11.4. The average molecular weight is 320 g/mol. The number of fused-ring (bicyclic) bond motifs is 1. The number of benzene rings is 1. The monoisotopic (exact) mass is 320 g/mol. The van der Waals surface area contributed by atoms with E-state index in [-0.39, 0.29) is 11.5 Å². The SMILES string of the molecule is O=S(=O)(Nc1cccc2cccnc12)c1csc(CO)c1. The predicted molar refractivity (Wildman–Crippen MR) is 82.8 cm³/mol. The molecule has 3 rings (SSSR count). The molecule has 108 valence electrons. The van der Waals surface area contributed by atoms with Crippen LogP contribution in [0.2, 0.25) is 0 Å². The van der Waals surface area contributed by atoms with Gasteiger partial charge < -0.3 is 5.11 Å². The summed E-state index contributed by atoms with van der Waals surface area (Å²) in [7, 11) is -3.68. The molecule has 0 bridgehead atoms. The Hall–Kier alpha value is -1.96. The van der Waals surface area contributed by atoms with Gasteiger partial charge in [0.2, 0.25) is 0 Å². The molecule has 3 aromatic rings. The van der Waals surface area contributed by atoms with Gasteiger partial charge in [-0.05, 0) is 18.2 Å². The molecule has 0 saturated heterocycles. The summed E-state index contributed by atoms with van der Waals surface area (Å²) in [6.07, 6.45) is 1.62. The molecule has 2 N–H and O–H groups in total. The van der Waals surface area contributed by atoms with Crippen LogP contribution in [-0.2, 0) is 16.6 Å². The van der Waals surface area contributed by atoms with Crippen molar-refractivity contribution in [1.29, 1.82) is 0 Å². The van der Waals surface area contributed by atoms with E-state index in [0.717, 1.165) is 5.39 Å². The Morgan fingerprint density at radius 3 is 2.81 bits per heavy atom. The van der Waals surface area contributed by atoms with Crippen LogP contribution in [0.5, 0.6) is 0 Å². The van der Waals surface area contributed by atoms with Crippen molar-refractivity contribution in [3.8, 4) is 0 Å². The number of hydrogen-bond donors (Lipinski definition) is 2. The van der Waals surface area contributed by atoms with Crippen molar-refractivity contribution in [2.75, 3.05) is 4.72 Å². The van der Waals surface area contributed by atoms with Crippen molar-refractivity contribution in [3.05, 3.63) is 52.9 Å². The van der Waals surface area contributed by atoms with Gasteiger partial charge in [0.05, 0.1) is 22.7 Å². The molecule has 0 saturated carbocycles. The Kier molecular flexibility index (Phi) is 3.62. The van der Waals surface area contributed by atoms with Crippen LogP contribution in [0.3, 0.4) is 0 Å². The van der Waals surface area contributed by atoms with Gasteiger partial charge in [-0.2, -0.15) is 0 Å². The zero-order chi connectivity index (χ0) is 14.9. The fraction of sp³-hybridized carbons (Fsp3) is 0.0714. The molecule has 0 unspecified atom stereocenters. The zero-order valence-corrected chi connectivity index (χ0v) is 12.5. The van der Waals surface area contributed by atoms with Gasteiger partial charge in [-0.25, -0.2) is 8.42 Å². The second-order valence-electron chi connectivity index (χ2n) is 4.39. The van der Waals surface area contributed by atoms with E-state index in [4.69, 9.17) is 5.11 Å². The minimum atomic E-state index is -3.68. The van der Waals surface area contributed by atoms with E-state index < -0.39 is 10.0 Å². The molecular weight excluding hydrogens is 308 g/mol. The highest BCUT2D eigenvalue weighted by atomic mass is 32.2. The molecule has 5 nitrogen and oxygen atoms in total. The molecule has 0 aliphatic rings. The van der Waals surface area contributed by atoms with Gasteiger partial charge in [-0.1, -0.05) is 18.2 Å². The van der Waals surface area contributed by atoms with Crippen molar-refractivity contribution in [3.63, 3.8) is 0 Å². The van der Waals surface area contributed by atoms with E-state index in [9.17, 15) is 8.42 Å². The molecule has 21 heavy (non-hydrogen) atoms. The largest absolute Gasteiger partial charge is 0.391 e. The molecular formula is C14H12N2O3S2. The summed E-state index contributed by atoms with van der Waals surface area (Å²) in [6, 6.07) is 10.4. The standard InChI is InChI=1S/C14H12N2O3S2/c17-8-11-7-12(9-20-11)21(18,19)16-13-5-1-3-10-4-2-6-15-14(10)13/h1-7,9,16-17H,8H2. The molecule has 0 spiro atoms. The summed E-state index contributed by atoms with van der Waals surface area (Å²) in [4.78, 5) is 4.96. The van der Waals surface area contributed by atoms with Gasteiger partial charge in [0.1, 0.15) is 0 Å². The highest BCUT2D eigenvalue weighted by Crippen LogP contribution is 2.25. The molecule has 0 fully saturated rings. The fourth-order valence-electron chi connectivity index (χ4n) is 1.97. The summed E-state index contributed by atoms with van der Waals surface area (Å²) >= 11 is 1.21. The predicted octanol–water partition coefficient (Wildman–Crippen LogP) is 2.59. The molecule has 0 atom stereocenters. The second-order valence-corrected chi connectivity index (χ2v) is 7.07. The maximum atomic E-state index is 12.4. The highest BCUT2D eigenvalue weighted by molar-refractivity contribution is 7.92. The van der Waals surface area contributed by atoms with E-state index in [0.29, 0.717) is 16.1 Å². The zero-order valence-electron chi connectivity index (χ0n) is 10.9. The first-order valence-electron chi connectivity index (χ1n) is 6.15. The lowest BCUT2D eigenvalue weighted by Crippen LogP contribution is -2.12. The molecule has 0 aliphatic carbocycles. The van der Waals surface area contributed by atoms with E-state index in [1.807, 2.05) is 12.1 Å². The summed E-state index contributed by atoms with van der Waals surface area (Å²) < 4.78 is 27.3. The number of nitrogens with zero attached hydrogens (tertiary/aromatic N) is 1. The Morgan fingerprint density at radius 1 is 1.24 bits per heavy atom. The first kappa shape index (κ1) is 14.0. The van der Waals surface area contributed by atoms with Gasteiger partial charge >= 0.3 is 0 Å². The number of aromatic nitrogens is 1. The Balaban J connectivity index is 2.01. The quantitative estimate of drug-likeness (QED) is 0.774. The number of aliphatic hydroxyl groups is 1. The number of pyridine rings is 1. The molecule has 1 aromatic carbocycles. The third kappa shape index (κ3) is 2.76. The topological polar surface area (TPSA) is 79.3 Å². The van der Waals surface area contributed by atoms with Gasteiger partial charge in [0.15, 0.2) is 0 Å². The van der Waals surface area contributed by atoms with Crippen molar-refractivity contribution in [2.45, 2.75) is 11.5 Å². The number of para-hydroxylation sites is 1. The molecule has 0 amide bonds. The number of anilines is 1. The van der Waals surface area contributed by atoms with Gasteiger partial charge in [-0.15, -0.1) is 11.3 Å². The third-order valence-corrected chi connectivity index (χ3v) is 5.39. The molecule has 7 heteroatoms. The van der Waals surface area contributed by atoms with Crippen molar-refractivity contribution >= 4 is 38.0 Å². The maximum Gasteiger partial charge on any atom is 0.262 e. The number of aliphatic hydroxyl groups excluding tert-OH is 1. The van der Waals surface area contributed by atoms with E-state index in [1.165, 1.54) is 22.8 Å².